The van der Waals surface area contributed by atoms with E-state index >= 15 is 0 Å². The van der Waals surface area contributed by atoms with E-state index in [0.717, 1.165) is 17.1 Å². The van der Waals surface area contributed by atoms with Gasteiger partial charge in [0, 0.05) is 10.5 Å². The Labute approximate surface area is 116 Å². The molecule has 1 aliphatic heterocycles. The highest BCUT2D eigenvalue weighted by Crippen LogP contribution is 2.36. The standard InChI is InChI=1S/C13H17NO4S/c1-13(2,11(14)12(15)16)19-6-8-3-4-9-10(5-8)18-7-17-9/h3-5,11H,6-7,14H2,1-2H3,(H,15,16)/t11-/m1/s1. The molecule has 1 aromatic rings. The molecule has 0 saturated heterocycles. The minimum Gasteiger partial charge on any atom is -0.480 e. The second-order valence-electron chi connectivity index (χ2n) is 4.90. The van der Waals surface area contributed by atoms with Gasteiger partial charge in [-0.3, -0.25) is 4.79 Å². The van der Waals surface area contributed by atoms with Crippen molar-refractivity contribution in [1.29, 1.82) is 0 Å². The number of hydrogen-bond donors (Lipinski definition) is 2. The first-order valence-corrected chi connectivity index (χ1v) is 6.89. The predicted octanol–water partition coefficient (Wildman–Crippen LogP) is 1.84. The van der Waals surface area contributed by atoms with E-state index in [1.54, 1.807) is 0 Å². The molecule has 0 fully saturated rings. The molecule has 1 aliphatic rings. The van der Waals surface area contributed by atoms with Crippen LogP contribution in [0, 0.1) is 0 Å². The smallest absolute Gasteiger partial charge is 0.321 e. The molecule has 0 spiro atoms. The fourth-order valence-electron chi connectivity index (χ4n) is 1.69. The van der Waals surface area contributed by atoms with Crippen LogP contribution in [0.4, 0.5) is 0 Å². The van der Waals surface area contributed by atoms with Gasteiger partial charge < -0.3 is 20.3 Å². The number of benzene rings is 1. The van der Waals surface area contributed by atoms with Gasteiger partial charge in [0.1, 0.15) is 6.04 Å². The summed E-state index contributed by atoms with van der Waals surface area (Å²) in [4.78, 5) is 10.9. The Morgan fingerprint density at radius 3 is 2.84 bits per heavy atom. The van der Waals surface area contributed by atoms with Gasteiger partial charge >= 0.3 is 5.97 Å². The van der Waals surface area contributed by atoms with Crippen LogP contribution in [-0.2, 0) is 10.5 Å². The van der Waals surface area contributed by atoms with Crippen molar-refractivity contribution < 1.29 is 19.4 Å². The maximum atomic E-state index is 10.9. The molecule has 0 bridgehead atoms. The second kappa shape index (κ2) is 5.30. The van der Waals surface area contributed by atoms with Crippen molar-refractivity contribution in [2.75, 3.05) is 6.79 Å². The largest absolute Gasteiger partial charge is 0.480 e. The first kappa shape index (κ1) is 14.0. The Bertz CT molecular complexity index is 490. The Hall–Kier alpha value is -1.40. The van der Waals surface area contributed by atoms with E-state index in [-0.39, 0.29) is 6.79 Å². The number of nitrogens with two attached hydrogens (primary N) is 1. The number of rotatable bonds is 5. The Morgan fingerprint density at radius 1 is 1.47 bits per heavy atom. The van der Waals surface area contributed by atoms with Gasteiger partial charge in [0.15, 0.2) is 11.5 Å². The average molecular weight is 283 g/mol. The van der Waals surface area contributed by atoms with E-state index in [4.69, 9.17) is 20.3 Å². The van der Waals surface area contributed by atoms with Crippen LogP contribution in [0.2, 0.25) is 0 Å². The number of thioether (sulfide) groups is 1. The molecule has 0 amide bonds. The fraction of sp³-hybridized carbons (Fsp3) is 0.462. The lowest BCUT2D eigenvalue weighted by Crippen LogP contribution is -2.46. The fourth-order valence-corrected chi connectivity index (χ4v) is 2.69. The summed E-state index contributed by atoms with van der Waals surface area (Å²) in [5.41, 5.74) is 6.74. The number of aliphatic carboxylic acids is 1. The summed E-state index contributed by atoms with van der Waals surface area (Å²) in [6.07, 6.45) is 0. The van der Waals surface area contributed by atoms with Crippen LogP contribution in [0.15, 0.2) is 18.2 Å². The van der Waals surface area contributed by atoms with Crippen molar-refractivity contribution >= 4 is 17.7 Å². The molecule has 1 atom stereocenters. The molecular weight excluding hydrogens is 266 g/mol. The van der Waals surface area contributed by atoms with Crippen LogP contribution in [0.3, 0.4) is 0 Å². The van der Waals surface area contributed by atoms with Crippen LogP contribution in [0.25, 0.3) is 0 Å². The molecule has 0 radical (unpaired) electrons. The Balaban J connectivity index is 2.00. The molecule has 6 heteroatoms. The van der Waals surface area contributed by atoms with Crippen LogP contribution in [0.1, 0.15) is 19.4 Å². The summed E-state index contributed by atoms with van der Waals surface area (Å²) in [5.74, 6) is 1.17. The summed E-state index contributed by atoms with van der Waals surface area (Å²) in [6.45, 7) is 3.92. The van der Waals surface area contributed by atoms with Crippen LogP contribution in [0.5, 0.6) is 11.5 Å². The highest BCUT2D eigenvalue weighted by molar-refractivity contribution is 7.99. The lowest BCUT2D eigenvalue weighted by molar-refractivity contribution is -0.139. The minimum absolute atomic E-state index is 0.251. The van der Waals surface area contributed by atoms with Crippen LogP contribution < -0.4 is 15.2 Å². The zero-order chi connectivity index (χ0) is 14.0. The van der Waals surface area contributed by atoms with Crippen LogP contribution in [-0.4, -0.2) is 28.7 Å². The maximum absolute atomic E-state index is 10.9. The zero-order valence-electron chi connectivity index (χ0n) is 10.9. The predicted molar refractivity (Wildman–Crippen MR) is 73.6 cm³/mol. The van der Waals surface area contributed by atoms with Gasteiger partial charge in [-0.15, -0.1) is 11.8 Å². The zero-order valence-corrected chi connectivity index (χ0v) is 11.7. The molecule has 5 nitrogen and oxygen atoms in total. The molecule has 2 rings (SSSR count). The van der Waals surface area contributed by atoms with Crippen molar-refractivity contribution in [3.05, 3.63) is 23.8 Å². The molecule has 1 aromatic carbocycles. The maximum Gasteiger partial charge on any atom is 0.321 e. The number of ether oxygens (including phenoxy) is 2. The Morgan fingerprint density at radius 2 is 2.16 bits per heavy atom. The summed E-state index contributed by atoms with van der Waals surface area (Å²) in [6, 6.07) is 4.83. The first-order valence-electron chi connectivity index (χ1n) is 5.91. The topological polar surface area (TPSA) is 81.8 Å². The highest BCUT2D eigenvalue weighted by atomic mass is 32.2. The van der Waals surface area contributed by atoms with Crippen molar-refractivity contribution in [1.82, 2.24) is 0 Å². The van der Waals surface area contributed by atoms with E-state index in [1.807, 2.05) is 32.0 Å². The van der Waals surface area contributed by atoms with Crippen molar-refractivity contribution in [2.45, 2.75) is 30.4 Å². The average Bonchev–Trinajstić information content (AvgIpc) is 2.82. The molecule has 0 aromatic heterocycles. The second-order valence-corrected chi connectivity index (χ2v) is 6.53. The first-order chi connectivity index (χ1) is 8.90. The molecule has 0 aliphatic carbocycles. The summed E-state index contributed by atoms with van der Waals surface area (Å²) < 4.78 is 10.0. The number of fused-ring (bicyclic) bond motifs is 1. The van der Waals surface area contributed by atoms with E-state index in [2.05, 4.69) is 0 Å². The van der Waals surface area contributed by atoms with Crippen LogP contribution >= 0.6 is 11.8 Å². The van der Waals surface area contributed by atoms with E-state index < -0.39 is 16.8 Å². The van der Waals surface area contributed by atoms with Gasteiger partial charge in [-0.2, -0.15) is 0 Å². The van der Waals surface area contributed by atoms with Gasteiger partial charge in [-0.1, -0.05) is 6.07 Å². The van der Waals surface area contributed by atoms with Gasteiger partial charge in [-0.05, 0) is 31.5 Å². The minimum atomic E-state index is -0.983. The Kier molecular flexibility index (Phi) is 3.91. The third kappa shape index (κ3) is 3.13. The lowest BCUT2D eigenvalue weighted by atomic mass is 10.1. The van der Waals surface area contributed by atoms with Crippen molar-refractivity contribution in [3.8, 4) is 11.5 Å². The number of carboxylic acids is 1. The highest BCUT2D eigenvalue weighted by Gasteiger charge is 2.32. The molecule has 3 N–H and O–H groups in total. The molecule has 0 unspecified atom stereocenters. The molecular formula is C13H17NO4S. The van der Waals surface area contributed by atoms with E-state index in [0.29, 0.717) is 5.75 Å². The van der Waals surface area contributed by atoms with E-state index in [1.165, 1.54) is 11.8 Å². The summed E-state index contributed by atoms with van der Waals surface area (Å²) in [7, 11) is 0. The molecule has 0 saturated carbocycles. The third-order valence-electron chi connectivity index (χ3n) is 3.06. The quantitative estimate of drug-likeness (QED) is 0.858. The van der Waals surface area contributed by atoms with Gasteiger partial charge in [-0.25, -0.2) is 0 Å². The molecule has 104 valence electrons. The van der Waals surface area contributed by atoms with E-state index in [9.17, 15) is 4.79 Å². The molecule has 1 heterocycles. The normalized spacial score (nSPS) is 15.3. The lowest BCUT2D eigenvalue weighted by Gasteiger charge is -2.28. The van der Waals surface area contributed by atoms with Crippen molar-refractivity contribution in [3.63, 3.8) is 0 Å². The van der Waals surface area contributed by atoms with Gasteiger partial charge in [0.25, 0.3) is 0 Å². The summed E-state index contributed by atoms with van der Waals surface area (Å²) in [5, 5.41) is 8.97. The number of hydrogen-bond acceptors (Lipinski definition) is 5. The third-order valence-corrected chi connectivity index (χ3v) is 4.54. The summed E-state index contributed by atoms with van der Waals surface area (Å²) >= 11 is 1.51. The molecule has 19 heavy (non-hydrogen) atoms. The number of carboxylic acid groups (broad SMARTS) is 1. The van der Waals surface area contributed by atoms with Gasteiger partial charge in [0.05, 0.1) is 0 Å². The SMILES string of the molecule is CC(C)(SCc1ccc2c(c1)OCO2)[C@H](N)C(=O)O. The monoisotopic (exact) mass is 283 g/mol. The van der Waals surface area contributed by atoms with Crippen molar-refractivity contribution in [2.24, 2.45) is 5.73 Å². The number of carbonyl (C=O) groups is 1. The van der Waals surface area contributed by atoms with Gasteiger partial charge in [0.2, 0.25) is 6.79 Å².